The maximum atomic E-state index is 4.50. The van der Waals surface area contributed by atoms with E-state index in [1.807, 2.05) is 26.0 Å². The smallest absolute Gasteiger partial charge is 0.0633 e. The van der Waals surface area contributed by atoms with Crippen molar-refractivity contribution in [2.24, 2.45) is 11.7 Å². The normalized spacial score (nSPS) is 16.6. The van der Waals surface area contributed by atoms with Gasteiger partial charge in [-0.2, -0.15) is 0 Å². The zero-order valence-corrected chi connectivity index (χ0v) is 34.5. The van der Waals surface area contributed by atoms with Crippen molar-refractivity contribution in [3.8, 4) is 39.1 Å². The molecule has 2 atom stereocenters. The molecule has 2 heterocycles. The Morgan fingerprint density at radius 1 is 0.583 bits per heavy atom. The van der Waals surface area contributed by atoms with E-state index in [1.165, 1.54) is 107 Å². The lowest BCUT2D eigenvalue weighted by Gasteiger charge is -2.31. The first-order valence-corrected chi connectivity index (χ1v) is 21.3. The summed E-state index contributed by atoms with van der Waals surface area (Å²) in [5.74, 6) is 0.326. The lowest BCUT2D eigenvalue weighted by Crippen LogP contribution is -2.28. The van der Waals surface area contributed by atoms with Gasteiger partial charge in [0.15, 0.2) is 0 Å². The molecule has 8 aromatic rings. The van der Waals surface area contributed by atoms with Crippen LogP contribution in [0.25, 0.3) is 72.4 Å². The van der Waals surface area contributed by atoms with E-state index in [1.54, 1.807) is 0 Å². The zero-order chi connectivity index (χ0) is 40.7. The van der Waals surface area contributed by atoms with Gasteiger partial charge in [0.1, 0.15) is 0 Å². The van der Waals surface area contributed by atoms with Crippen molar-refractivity contribution in [2.75, 3.05) is 11.9 Å². The van der Waals surface area contributed by atoms with Gasteiger partial charge in [0.2, 0.25) is 0 Å². The van der Waals surface area contributed by atoms with E-state index in [2.05, 4.69) is 197 Å². The molecule has 0 bridgehead atoms. The van der Waals surface area contributed by atoms with Crippen molar-refractivity contribution in [3.63, 3.8) is 0 Å². The van der Waals surface area contributed by atoms with Crippen molar-refractivity contribution in [2.45, 2.75) is 32.7 Å². The third-order valence-corrected chi connectivity index (χ3v) is 12.7. The minimum atomic E-state index is 0.319. The highest BCUT2D eigenvalue weighted by atomic mass is 15.2. The molecular weight excluding hydrogens is 727 g/mol. The molecule has 0 spiro atoms. The second kappa shape index (κ2) is 15.7. The van der Waals surface area contributed by atoms with E-state index in [0.29, 0.717) is 12.0 Å². The molecule has 4 aliphatic rings. The Bertz CT molecular complexity index is 3010. The number of anilines is 2. The second-order valence-corrected chi connectivity index (χ2v) is 15.8. The number of allylic oxidation sites excluding steroid dienone is 5. The van der Waals surface area contributed by atoms with Crippen molar-refractivity contribution < 1.29 is 0 Å². The topological polar surface area (TPSA) is 34.2 Å². The standard InChI is InChI=1S/C52H36N2.C4H8.CH5N/c1-2-13-36(14-3-1)53-48-22-8-6-18-41(48)46-31-33(24-28-50(46)53)34-25-29-51-47(32-34)42-19-7-9-23-49(42)54(51)37-15-10-12-35(30-37)38-26-27-45-40-17-5-4-16-39(40)44-21-11-20-43(38)52(44)45;1-3-4-2;1-2/h1-27,29-31,34,50H,28,32H2;3-4H,1-2H3;2H2,1H3/b;4-3-;. The van der Waals surface area contributed by atoms with Crippen LogP contribution in [0.1, 0.15) is 37.1 Å². The molecule has 0 radical (unpaired) electrons. The van der Waals surface area contributed by atoms with Gasteiger partial charge in [-0.1, -0.05) is 152 Å². The van der Waals surface area contributed by atoms with Gasteiger partial charge in [-0.3, -0.25) is 0 Å². The molecule has 1 aromatic heterocycles. The lowest BCUT2D eigenvalue weighted by molar-refractivity contribution is 0.737. The molecule has 0 saturated heterocycles. The maximum absolute atomic E-state index is 4.50. The molecular formula is C57H49N3. The largest absolute Gasteiger partial charge is 0.333 e. The molecule has 3 nitrogen and oxygen atoms in total. The van der Waals surface area contributed by atoms with E-state index in [0.717, 1.165) is 12.8 Å². The number of rotatable bonds is 4. The van der Waals surface area contributed by atoms with E-state index < -0.39 is 0 Å². The highest BCUT2D eigenvalue weighted by Crippen LogP contribution is 2.51. The molecule has 7 aromatic carbocycles. The number of para-hydroxylation sites is 3. The van der Waals surface area contributed by atoms with Gasteiger partial charge in [-0.25, -0.2) is 0 Å². The minimum Gasteiger partial charge on any atom is -0.333 e. The van der Waals surface area contributed by atoms with Gasteiger partial charge in [0.25, 0.3) is 0 Å². The summed E-state index contributed by atoms with van der Waals surface area (Å²) in [6.07, 6.45) is 15.9. The predicted octanol–water partition coefficient (Wildman–Crippen LogP) is 14.4. The molecule has 12 rings (SSSR count). The lowest BCUT2D eigenvalue weighted by atomic mass is 9.81. The van der Waals surface area contributed by atoms with Gasteiger partial charge in [0.05, 0.1) is 11.6 Å². The molecule has 0 fully saturated rings. The van der Waals surface area contributed by atoms with Gasteiger partial charge in [-0.15, -0.1) is 0 Å². The van der Waals surface area contributed by atoms with E-state index >= 15 is 0 Å². The average Bonchev–Trinajstić information content (AvgIpc) is 3.96. The van der Waals surface area contributed by atoms with Crippen molar-refractivity contribution >= 4 is 44.7 Å². The van der Waals surface area contributed by atoms with Crippen molar-refractivity contribution in [1.82, 2.24) is 4.57 Å². The van der Waals surface area contributed by atoms with Crippen LogP contribution in [-0.4, -0.2) is 17.7 Å². The molecule has 0 saturated carbocycles. The van der Waals surface area contributed by atoms with Crippen LogP contribution in [-0.2, 0) is 6.42 Å². The van der Waals surface area contributed by atoms with E-state index in [9.17, 15) is 0 Å². The summed E-state index contributed by atoms with van der Waals surface area (Å²) < 4.78 is 2.49. The summed E-state index contributed by atoms with van der Waals surface area (Å²) in [6.45, 7) is 4.00. The SMILES string of the molecule is C/C=C\C.C1=CC(C2=CCC3C(=C2)c2ccccc2N3c2ccccc2)Cc2c1n(-c1cccc(-c3ccc4c5c(cccc35)-c3ccccc3-4)c1)c1ccccc21.CN. The average molecular weight is 776 g/mol. The number of benzene rings is 7. The molecule has 3 heteroatoms. The van der Waals surface area contributed by atoms with Crippen molar-refractivity contribution in [3.05, 3.63) is 210 Å². The molecule has 2 unspecified atom stereocenters. The fraction of sp³-hybridized carbons (Fsp3) is 0.123. The highest BCUT2D eigenvalue weighted by molar-refractivity contribution is 6.18. The third kappa shape index (κ3) is 6.00. The number of fused-ring (bicyclic) bond motifs is 9. The molecule has 0 amide bonds. The number of nitrogens with zero attached hydrogens (tertiary/aromatic N) is 2. The molecule has 60 heavy (non-hydrogen) atoms. The Kier molecular flexibility index (Phi) is 9.75. The highest BCUT2D eigenvalue weighted by Gasteiger charge is 2.37. The van der Waals surface area contributed by atoms with Crippen molar-refractivity contribution in [1.29, 1.82) is 0 Å². The Morgan fingerprint density at radius 2 is 1.22 bits per heavy atom. The number of nitrogens with two attached hydrogens (primary N) is 1. The maximum Gasteiger partial charge on any atom is 0.0633 e. The second-order valence-electron chi connectivity index (χ2n) is 15.8. The van der Waals surface area contributed by atoms with Crippen LogP contribution in [0.4, 0.5) is 11.4 Å². The predicted molar refractivity (Wildman–Crippen MR) is 257 cm³/mol. The van der Waals surface area contributed by atoms with Crippen LogP contribution in [0.3, 0.4) is 0 Å². The van der Waals surface area contributed by atoms with E-state index in [-0.39, 0.29) is 0 Å². The first kappa shape index (κ1) is 37.3. The zero-order valence-electron chi connectivity index (χ0n) is 34.5. The number of aromatic nitrogens is 1. The van der Waals surface area contributed by atoms with Crippen LogP contribution < -0.4 is 10.6 Å². The van der Waals surface area contributed by atoms with Gasteiger partial charge in [0, 0.05) is 39.6 Å². The third-order valence-electron chi connectivity index (χ3n) is 12.7. The van der Waals surface area contributed by atoms with E-state index in [4.69, 9.17) is 0 Å². The van der Waals surface area contributed by atoms with Crippen LogP contribution in [0.15, 0.2) is 194 Å². The Hall–Kier alpha value is -6.94. The van der Waals surface area contributed by atoms with Gasteiger partial charge >= 0.3 is 0 Å². The summed E-state index contributed by atoms with van der Waals surface area (Å²) in [5, 5.41) is 4.03. The molecule has 1 aliphatic heterocycles. The van der Waals surface area contributed by atoms with Crippen LogP contribution in [0, 0.1) is 5.92 Å². The van der Waals surface area contributed by atoms with Crippen LogP contribution in [0.5, 0.6) is 0 Å². The van der Waals surface area contributed by atoms with Crippen LogP contribution in [0.2, 0.25) is 0 Å². The summed E-state index contributed by atoms with van der Waals surface area (Å²) in [6, 6.07) is 58.6. The van der Waals surface area contributed by atoms with Crippen LogP contribution >= 0.6 is 0 Å². The van der Waals surface area contributed by atoms with Gasteiger partial charge < -0.3 is 15.2 Å². The first-order valence-electron chi connectivity index (χ1n) is 21.3. The molecule has 2 N–H and O–H groups in total. The minimum absolute atomic E-state index is 0.319. The Morgan fingerprint density at radius 3 is 2.02 bits per heavy atom. The molecule has 3 aliphatic carbocycles. The Labute approximate surface area is 353 Å². The summed E-state index contributed by atoms with van der Waals surface area (Å²) in [4.78, 5) is 2.54. The fourth-order valence-corrected chi connectivity index (χ4v) is 10.1. The summed E-state index contributed by atoms with van der Waals surface area (Å²) in [5.41, 5.74) is 24.4. The van der Waals surface area contributed by atoms with Gasteiger partial charge in [-0.05, 0) is 137 Å². The molecule has 292 valence electrons. The monoisotopic (exact) mass is 775 g/mol. The fourth-order valence-electron chi connectivity index (χ4n) is 10.1. The first-order chi connectivity index (χ1) is 29.7. The number of hydrogen-bond acceptors (Lipinski definition) is 2. The summed E-state index contributed by atoms with van der Waals surface area (Å²) in [7, 11) is 1.50. The quantitative estimate of drug-likeness (QED) is 0.181. The summed E-state index contributed by atoms with van der Waals surface area (Å²) >= 11 is 0. The Balaban J connectivity index is 0.000000684. The number of hydrogen-bond donors (Lipinski definition) is 1.